The third-order valence-corrected chi connectivity index (χ3v) is 8.05. The summed E-state index contributed by atoms with van der Waals surface area (Å²) >= 11 is 0. The van der Waals surface area contributed by atoms with Crippen molar-refractivity contribution in [3.05, 3.63) is 0 Å². The van der Waals surface area contributed by atoms with Crippen LogP contribution < -0.4 is 10.6 Å². The number of unbranched alkanes of at least 4 members (excludes halogenated alkanes) is 3. The van der Waals surface area contributed by atoms with Crippen LogP contribution in [0.2, 0.25) is 0 Å². The molecule has 2 amide bonds. The van der Waals surface area contributed by atoms with Gasteiger partial charge in [-0.3, -0.25) is 14.4 Å². The number of aliphatic hydroxyl groups excluding tert-OH is 7. The van der Waals surface area contributed by atoms with Crippen molar-refractivity contribution in [2.45, 2.75) is 132 Å². The molecular weight excluding hydrogens is 632 g/mol. The molecule has 9 unspecified atom stereocenters. The Balaban J connectivity index is 1.53. The SMILES string of the molecule is CC(=O)[C@H](CCCCNC(=O)CCCCOC1OC(CO)C(O)C(O)C1O)NC(=O)CCCCOC1OC(CO)C(O)(O)C(O)C1O. The van der Waals surface area contributed by atoms with Crippen molar-refractivity contribution in [1.29, 1.82) is 0 Å². The normalized spacial score (nSPS) is 31.2. The molecule has 0 aromatic heterocycles. The van der Waals surface area contributed by atoms with Gasteiger partial charge in [-0.1, -0.05) is 0 Å². The summed E-state index contributed by atoms with van der Waals surface area (Å²) < 4.78 is 21.1. The second-order valence-corrected chi connectivity index (χ2v) is 11.8. The number of ether oxygens (including phenoxy) is 4. The second-order valence-electron chi connectivity index (χ2n) is 11.8. The van der Waals surface area contributed by atoms with Crippen molar-refractivity contribution in [2.75, 3.05) is 33.0 Å². The maximum Gasteiger partial charge on any atom is 0.221 e. The van der Waals surface area contributed by atoms with Crippen LogP contribution in [0.5, 0.6) is 0 Å². The maximum atomic E-state index is 12.4. The van der Waals surface area contributed by atoms with Gasteiger partial charge in [0.15, 0.2) is 18.4 Å². The Bertz CT molecular complexity index is 951. The molecule has 0 spiro atoms. The van der Waals surface area contributed by atoms with Crippen molar-refractivity contribution in [3.8, 4) is 0 Å². The van der Waals surface area contributed by atoms with Crippen LogP contribution in [-0.2, 0) is 33.3 Å². The zero-order chi connectivity index (χ0) is 35.1. The van der Waals surface area contributed by atoms with Crippen LogP contribution >= 0.6 is 0 Å². The standard InChI is InChI=1S/C29H52N2O16/c1-16(34)17(31-21(36)10-4-7-13-45-28-25(40)26(41)29(42,43)19(15-33)47-28)8-2-5-11-30-20(35)9-3-6-12-44-27-24(39)23(38)22(37)18(14-32)46-27/h17-19,22-28,32-33,37-43H,2-15H2,1H3,(H,30,35)(H,31,36)/t17-,18?,19?,22?,23?,24?,25?,26?,27?,28?/m0/s1. The largest absolute Gasteiger partial charge is 0.394 e. The van der Waals surface area contributed by atoms with Gasteiger partial charge in [0, 0.05) is 32.6 Å². The molecule has 0 aromatic carbocycles. The molecule has 18 heteroatoms. The number of hydrogen-bond acceptors (Lipinski definition) is 16. The highest BCUT2D eigenvalue weighted by Crippen LogP contribution is 2.28. The van der Waals surface area contributed by atoms with Crippen LogP contribution in [0.15, 0.2) is 0 Å². The molecule has 2 fully saturated rings. The number of amides is 2. The molecular formula is C29H52N2O16. The third-order valence-electron chi connectivity index (χ3n) is 8.05. The van der Waals surface area contributed by atoms with Gasteiger partial charge in [0.05, 0.1) is 19.3 Å². The van der Waals surface area contributed by atoms with E-state index in [1.54, 1.807) is 0 Å². The second kappa shape index (κ2) is 20.6. The highest BCUT2D eigenvalue weighted by molar-refractivity contribution is 5.87. The molecule has 0 aliphatic carbocycles. The lowest BCUT2D eigenvalue weighted by Gasteiger charge is -2.44. The minimum Gasteiger partial charge on any atom is -0.394 e. The number of ketones is 1. The zero-order valence-corrected chi connectivity index (χ0v) is 26.6. The van der Waals surface area contributed by atoms with Crippen molar-refractivity contribution < 1.29 is 79.3 Å². The monoisotopic (exact) mass is 684 g/mol. The molecule has 10 atom stereocenters. The van der Waals surface area contributed by atoms with Crippen LogP contribution in [0.3, 0.4) is 0 Å². The van der Waals surface area contributed by atoms with E-state index in [2.05, 4.69) is 10.6 Å². The van der Waals surface area contributed by atoms with E-state index in [0.29, 0.717) is 51.5 Å². The van der Waals surface area contributed by atoms with Gasteiger partial charge in [-0.2, -0.15) is 0 Å². The van der Waals surface area contributed by atoms with Crippen LogP contribution in [0, 0.1) is 0 Å². The molecule has 274 valence electrons. The summed E-state index contributed by atoms with van der Waals surface area (Å²) in [4.78, 5) is 36.5. The maximum absolute atomic E-state index is 12.4. The smallest absolute Gasteiger partial charge is 0.221 e. The molecule has 0 radical (unpaired) electrons. The highest BCUT2D eigenvalue weighted by Gasteiger charge is 2.54. The van der Waals surface area contributed by atoms with E-state index in [-0.39, 0.29) is 43.7 Å². The van der Waals surface area contributed by atoms with Gasteiger partial charge in [0.25, 0.3) is 0 Å². The predicted octanol–water partition coefficient (Wildman–Crippen LogP) is -4.36. The summed E-state index contributed by atoms with van der Waals surface area (Å²) in [5, 5.41) is 92.8. The average Bonchev–Trinajstić information content (AvgIpc) is 3.03. The Morgan fingerprint density at radius 2 is 1.34 bits per heavy atom. The molecule has 18 nitrogen and oxygen atoms in total. The number of carbonyl (C=O) groups excluding carboxylic acids is 3. The lowest BCUT2D eigenvalue weighted by atomic mass is 9.95. The van der Waals surface area contributed by atoms with Crippen molar-refractivity contribution in [1.82, 2.24) is 10.6 Å². The van der Waals surface area contributed by atoms with Crippen molar-refractivity contribution >= 4 is 17.6 Å². The van der Waals surface area contributed by atoms with E-state index in [1.807, 2.05) is 0 Å². The fraction of sp³-hybridized carbons (Fsp3) is 0.897. The van der Waals surface area contributed by atoms with Crippen molar-refractivity contribution in [3.63, 3.8) is 0 Å². The molecule has 2 aliphatic heterocycles. The number of carbonyl (C=O) groups is 3. The Morgan fingerprint density at radius 3 is 1.91 bits per heavy atom. The first-order chi connectivity index (χ1) is 22.2. The van der Waals surface area contributed by atoms with E-state index >= 15 is 0 Å². The van der Waals surface area contributed by atoms with E-state index < -0.39 is 80.4 Å². The number of nitrogens with one attached hydrogen (secondary N) is 2. The topological polar surface area (TPSA) is 294 Å². The van der Waals surface area contributed by atoms with Gasteiger partial charge >= 0.3 is 0 Å². The van der Waals surface area contributed by atoms with E-state index in [1.165, 1.54) is 6.92 Å². The quantitative estimate of drug-likeness (QED) is 0.0402. The summed E-state index contributed by atoms with van der Waals surface area (Å²) in [6.45, 7) is 0.490. The van der Waals surface area contributed by atoms with E-state index in [9.17, 15) is 60.3 Å². The molecule has 2 aliphatic rings. The lowest BCUT2D eigenvalue weighted by Crippen LogP contribution is -2.67. The first kappa shape index (κ1) is 41.3. The molecule has 47 heavy (non-hydrogen) atoms. The summed E-state index contributed by atoms with van der Waals surface area (Å²) in [6, 6.07) is -0.682. The first-order valence-electron chi connectivity index (χ1n) is 15.9. The minimum atomic E-state index is -2.85. The molecule has 2 rings (SSSR count). The number of hydrogen-bond donors (Lipinski definition) is 11. The summed E-state index contributed by atoms with van der Waals surface area (Å²) in [5.74, 6) is -3.58. The Labute approximate surface area is 272 Å². The van der Waals surface area contributed by atoms with Gasteiger partial charge in [-0.25, -0.2) is 0 Å². The molecule has 2 saturated heterocycles. The van der Waals surface area contributed by atoms with Crippen LogP contribution in [-0.4, -0.2) is 164 Å². The molecule has 0 aromatic rings. The van der Waals surface area contributed by atoms with E-state index in [0.717, 1.165) is 0 Å². The highest BCUT2D eigenvalue weighted by atomic mass is 16.7. The lowest BCUT2D eigenvalue weighted by molar-refractivity contribution is -0.386. The molecule has 2 heterocycles. The molecule has 11 N–H and O–H groups in total. The average molecular weight is 685 g/mol. The minimum absolute atomic E-state index is 0.00150. The van der Waals surface area contributed by atoms with Gasteiger partial charge < -0.3 is 75.5 Å². The third kappa shape index (κ3) is 12.8. The Kier molecular flexibility index (Phi) is 18.1. The van der Waals surface area contributed by atoms with Crippen LogP contribution in [0.4, 0.5) is 0 Å². The Hall–Kier alpha value is -1.91. The van der Waals surface area contributed by atoms with Crippen LogP contribution in [0.25, 0.3) is 0 Å². The zero-order valence-electron chi connectivity index (χ0n) is 26.6. The van der Waals surface area contributed by atoms with Crippen molar-refractivity contribution in [2.24, 2.45) is 0 Å². The predicted molar refractivity (Wildman–Crippen MR) is 158 cm³/mol. The fourth-order valence-electron chi connectivity index (χ4n) is 5.06. The first-order valence-corrected chi connectivity index (χ1v) is 15.9. The van der Waals surface area contributed by atoms with Gasteiger partial charge in [0.1, 0.15) is 42.7 Å². The fourth-order valence-corrected chi connectivity index (χ4v) is 5.06. The molecule has 0 saturated carbocycles. The van der Waals surface area contributed by atoms with Crippen LogP contribution in [0.1, 0.15) is 64.7 Å². The number of Topliss-reactive ketones (excluding diaryl/α,β-unsaturated/α-hetero) is 1. The van der Waals surface area contributed by atoms with Gasteiger partial charge in [-0.05, 0) is 51.9 Å². The molecule has 0 bridgehead atoms. The Morgan fingerprint density at radius 1 is 0.745 bits per heavy atom. The summed E-state index contributed by atoms with van der Waals surface area (Å²) in [6.07, 6.45) is -10.1. The number of aliphatic hydroxyl groups is 9. The summed E-state index contributed by atoms with van der Waals surface area (Å²) in [5.41, 5.74) is 0. The van der Waals surface area contributed by atoms with Gasteiger partial charge in [0.2, 0.25) is 17.6 Å². The van der Waals surface area contributed by atoms with E-state index in [4.69, 9.17) is 18.9 Å². The van der Waals surface area contributed by atoms with Gasteiger partial charge in [-0.15, -0.1) is 0 Å². The number of rotatable bonds is 21. The summed E-state index contributed by atoms with van der Waals surface area (Å²) in [7, 11) is 0.